The molecule has 3 aliphatic heterocycles. The topological polar surface area (TPSA) is 70.5 Å². The Labute approximate surface area is 179 Å². The van der Waals surface area contributed by atoms with Gasteiger partial charge in [0.05, 0.1) is 11.6 Å². The predicted molar refractivity (Wildman–Crippen MR) is 108 cm³/mol. The van der Waals surface area contributed by atoms with Crippen LogP contribution >= 0.6 is 0 Å². The predicted octanol–water partition coefficient (Wildman–Crippen LogP) is 2.75. The molecule has 0 radical (unpaired) electrons. The van der Waals surface area contributed by atoms with Crippen molar-refractivity contribution in [2.75, 3.05) is 31.5 Å². The third-order valence-corrected chi connectivity index (χ3v) is 6.67. The summed E-state index contributed by atoms with van der Waals surface area (Å²) in [6.07, 6.45) is -1.29. The van der Waals surface area contributed by atoms with Gasteiger partial charge in [-0.1, -0.05) is 6.08 Å². The molecular formula is C21H28F3N5O2. The van der Waals surface area contributed by atoms with E-state index in [0.29, 0.717) is 50.5 Å². The molecule has 7 nitrogen and oxygen atoms in total. The van der Waals surface area contributed by atoms with Crippen molar-refractivity contribution in [2.24, 2.45) is 11.8 Å². The summed E-state index contributed by atoms with van der Waals surface area (Å²) in [4.78, 5) is 28.3. The number of halogens is 3. The lowest BCUT2D eigenvalue weighted by atomic mass is 9.84. The summed E-state index contributed by atoms with van der Waals surface area (Å²) in [5.74, 6) is 0.0342. The summed E-state index contributed by atoms with van der Waals surface area (Å²) in [7, 11) is 0. The van der Waals surface area contributed by atoms with Crippen molar-refractivity contribution in [3.05, 3.63) is 24.4 Å². The zero-order chi connectivity index (χ0) is 22.3. The Hall–Kier alpha value is -2.52. The van der Waals surface area contributed by atoms with E-state index in [1.807, 2.05) is 0 Å². The van der Waals surface area contributed by atoms with Gasteiger partial charge >= 0.3 is 6.18 Å². The van der Waals surface area contributed by atoms with Crippen LogP contribution in [-0.2, 0) is 9.59 Å². The lowest BCUT2D eigenvalue weighted by molar-refractivity contribution is -0.174. The second kappa shape index (κ2) is 8.20. The highest BCUT2D eigenvalue weighted by molar-refractivity contribution is 5.89. The first-order chi connectivity index (χ1) is 14.7. The van der Waals surface area contributed by atoms with E-state index in [0.717, 1.165) is 4.68 Å². The summed E-state index contributed by atoms with van der Waals surface area (Å²) in [6, 6.07) is -0.304. The van der Waals surface area contributed by atoms with Crippen LogP contribution in [0.1, 0.15) is 37.4 Å². The molecule has 31 heavy (non-hydrogen) atoms. The molecule has 0 bridgehead atoms. The molecule has 4 rings (SSSR count). The number of aryl methyl sites for hydroxylation is 1. The van der Waals surface area contributed by atoms with Crippen molar-refractivity contribution in [3.8, 4) is 0 Å². The van der Waals surface area contributed by atoms with Crippen molar-refractivity contribution in [3.63, 3.8) is 0 Å². The number of alkyl halides is 3. The minimum atomic E-state index is -4.36. The van der Waals surface area contributed by atoms with E-state index in [2.05, 4.69) is 17.0 Å². The van der Waals surface area contributed by atoms with Crippen LogP contribution in [0.25, 0.3) is 0 Å². The van der Waals surface area contributed by atoms with E-state index < -0.39 is 12.2 Å². The van der Waals surface area contributed by atoms with Crippen LogP contribution in [0.5, 0.6) is 0 Å². The Morgan fingerprint density at radius 3 is 2.71 bits per heavy atom. The molecule has 1 N–H and O–H groups in total. The number of anilines is 1. The molecule has 2 fully saturated rings. The third kappa shape index (κ3) is 4.29. The molecule has 0 aliphatic carbocycles. The van der Waals surface area contributed by atoms with Gasteiger partial charge in [0.25, 0.3) is 0 Å². The number of likely N-dealkylation sites (tertiary alicyclic amines) is 2. The second-order valence-corrected chi connectivity index (χ2v) is 8.81. The van der Waals surface area contributed by atoms with Crippen LogP contribution < -0.4 is 5.32 Å². The average molecular weight is 439 g/mol. The number of carbonyl (C=O) groups excluding carboxylic acids is 2. The zero-order valence-corrected chi connectivity index (χ0v) is 17.6. The number of aromatic nitrogens is 2. The summed E-state index contributed by atoms with van der Waals surface area (Å²) in [5, 5.41) is 7.28. The minimum absolute atomic E-state index is 0.0307. The maximum absolute atomic E-state index is 13.6. The van der Waals surface area contributed by atoms with Gasteiger partial charge in [-0.2, -0.15) is 18.3 Å². The van der Waals surface area contributed by atoms with Crippen molar-refractivity contribution in [1.29, 1.82) is 0 Å². The minimum Gasteiger partial charge on any atom is -0.367 e. The number of hydrogen-bond acceptors (Lipinski definition) is 4. The standard InChI is InChI=1S/C21H28F3N5O2/c1-3-6-28-12-15(10-19(28)30)20(31)27-7-4-14(5-8-27)16-11-17(21(22,23)24)29-18(25-16)9-13(2)26-29/h3,9,14-17,25H,1,4-8,10-12H2,2H3/t15?,16-,17+/m0/s1. The highest BCUT2D eigenvalue weighted by Crippen LogP contribution is 2.42. The molecule has 0 saturated carbocycles. The van der Waals surface area contributed by atoms with Gasteiger partial charge in [0.2, 0.25) is 11.8 Å². The summed E-state index contributed by atoms with van der Waals surface area (Å²) < 4.78 is 42.0. The maximum atomic E-state index is 13.6. The number of amides is 2. The van der Waals surface area contributed by atoms with Gasteiger partial charge in [-0.25, -0.2) is 4.68 Å². The molecule has 1 aromatic heterocycles. The normalized spacial score (nSPS) is 27.2. The van der Waals surface area contributed by atoms with Crippen molar-refractivity contribution in [1.82, 2.24) is 19.6 Å². The van der Waals surface area contributed by atoms with E-state index in [1.165, 1.54) is 0 Å². The SMILES string of the molecule is C=CCN1CC(C(=O)N2CCC([C@@H]3C[C@H](C(F)(F)F)n4nc(C)cc4N3)CC2)CC1=O. The second-order valence-electron chi connectivity index (χ2n) is 8.81. The molecule has 10 heteroatoms. The number of hydrogen-bond donors (Lipinski definition) is 1. The molecular weight excluding hydrogens is 411 g/mol. The Morgan fingerprint density at radius 2 is 2.06 bits per heavy atom. The fourth-order valence-corrected chi connectivity index (χ4v) is 5.08. The van der Waals surface area contributed by atoms with Gasteiger partial charge in [0, 0.05) is 44.7 Å². The fourth-order valence-electron chi connectivity index (χ4n) is 5.08. The van der Waals surface area contributed by atoms with Crippen LogP contribution in [-0.4, -0.2) is 69.8 Å². The van der Waals surface area contributed by atoms with Crippen LogP contribution in [0.2, 0.25) is 0 Å². The van der Waals surface area contributed by atoms with E-state index in [1.54, 1.807) is 28.9 Å². The van der Waals surface area contributed by atoms with Crippen molar-refractivity contribution in [2.45, 2.75) is 50.9 Å². The number of piperidine rings is 1. The Kier molecular flexibility index (Phi) is 5.74. The average Bonchev–Trinajstić information content (AvgIpc) is 3.28. The zero-order valence-electron chi connectivity index (χ0n) is 17.6. The number of rotatable bonds is 4. The Bertz CT molecular complexity index is 860. The van der Waals surface area contributed by atoms with E-state index in [4.69, 9.17) is 0 Å². The lowest BCUT2D eigenvalue weighted by Crippen LogP contribution is -2.48. The van der Waals surface area contributed by atoms with Gasteiger partial charge in [-0.05, 0) is 32.1 Å². The van der Waals surface area contributed by atoms with Gasteiger partial charge < -0.3 is 15.1 Å². The van der Waals surface area contributed by atoms with E-state index in [-0.39, 0.29) is 42.5 Å². The van der Waals surface area contributed by atoms with Crippen LogP contribution in [0.15, 0.2) is 18.7 Å². The van der Waals surface area contributed by atoms with E-state index in [9.17, 15) is 22.8 Å². The molecule has 4 heterocycles. The molecule has 0 spiro atoms. The molecule has 1 aromatic rings. The van der Waals surface area contributed by atoms with Crippen LogP contribution in [0.3, 0.4) is 0 Å². The summed E-state index contributed by atoms with van der Waals surface area (Å²) in [6.45, 7) is 7.17. The molecule has 2 amide bonds. The summed E-state index contributed by atoms with van der Waals surface area (Å²) in [5.41, 5.74) is 0.550. The smallest absolute Gasteiger partial charge is 0.367 e. The first-order valence-corrected chi connectivity index (χ1v) is 10.7. The van der Waals surface area contributed by atoms with Gasteiger partial charge in [-0.15, -0.1) is 6.58 Å². The van der Waals surface area contributed by atoms with Crippen LogP contribution in [0, 0.1) is 18.8 Å². The number of nitrogens with zero attached hydrogens (tertiary/aromatic N) is 4. The molecule has 3 aliphatic rings. The molecule has 2 saturated heterocycles. The first kappa shape index (κ1) is 21.7. The quantitative estimate of drug-likeness (QED) is 0.733. The number of fused-ring (bicyclic) bond motifs is 1. The highest BCUT2D eigenvalue weighted by Gasteiger charge is 2.48. The van der Waals surface area contributed by atoms with Crippen molar-refractivity contribution < 1.29 is 22.8 Å². The number of carbonyl (C=O) groups is 2. The maximum Gasteiger partial charge on any atom is 0.410 e. The summed E-state index contributed by atoms with van der Waals surface area (Å²) >= 11 is 0. The number of nitrogens with one attached hydrogen (secondary N) is 1. The van der Waals surface area contributed by atoms with Crippen LogP contribution in [0.4, 0.5) is 19.0 Å². The van der Waals surface area contributed by atoms with E-state index >= 15 is 0 Å². The Morgan fingerprint density at radius 1 is 1.35 bits per heavy atom. The monoisotopic (exact) mass is 439 g/mol. The van der Waals surface area contributed by atoms with Gasteiger partial charge in [0.1, 0.15) is 5.82 Å². The Balaban J connectivity index is 1.37. The fraction of sp³-hybridized carbons (Fsp3) is 0.667. The van der Waals surface area contributed by atoms with Crippen molar-refractivity contribution >= 4 is 17.6 Å². The molecule has 1 unspecified atom stereocenters. The lowest BCUT2D eigenvalue weighted by Gasteiger charge is -2.41. The van der Waals surface area contributed by atoms with Gasteiger partial charge in [0.15, 0.2) is 6.04 Å². The van der Waals surface area contributed by atoms with Gasteiger partial charge in [-0.3, -0.25) is 9.59 Å². The first-order valence-electron chi connectivity index (χ1n) is 10.7. The molecule has 0 aromatic carbocycles. The molecule has 3 atom stereocenters. The third-order valence-electron chi connectivity index (χ3n) is 6.67. The highest BCUT2D eigenvalue weighted by atomic mass is 19.4. The largest absolute Gasteiger partial charge is 0.410 e. The molecule has 170 valence electrons.